The summed E-state index contributed by atoms with van der Waals surface area (Å²) in [4.78, 5) is 13.7. The summed E-state index contributed by atoms with van der Waals surface area (Å²) in [5, 5.41) is 3.46. The Labute approximate surface area is 97.6 Å². The van der Waals surface area contributed by atoms with E-state index in [0.717, 1.165) is 32.6 Å². The molecule has 2 fully saturated rings. The third kappa shape index (κ3) is 2.38. The molecule has 1 amide bonds. The zero-order valence-electron chi connectivity index (χ0n) is 10.0. The normalized spacial score (nSPS) is 29.7. The van der Waals surface area contributed by atoms with Crippen LogP contribution in [0.4, 0.5) is 0 Å². The summed E-state index contributed by atoms with van der Waals surface area (Å²) in [6.07, 6.45) is 4.87. The van der Waals surface area contributed by atoms with Crippen molar-refractivity contribution in [1.29, 1.82) is 0 Å². The van der Waals surface area contributed by atoms with E-state index >= 15 is 0 Å². The van der Waals surface area contributed by atoms with E-state index in [1.165, 1.54) is 19.3 Å². The van der Waals surface area contributed by atoms with E-state index in [-0.39, 0.29) is 5.91 Å². The first-order valence-corrected chi connectivity index (χ1v) is 6.18. The summed E-state index contributed by atoms with van der Waals surface area (Å²) in [7, 11) is 0. The number of amides is 1. The fourth-order valence-electron chi connectivity index (χ4n) is 2.95. The third-order valence-corrected chi connectivity index (χ3v) is 3.74. The smallest absolute Gasteiger partial charge is 0.298 e. The van der Waals surface area contributed by atoms with Crippen LogP contribution < -0.4 is 5.32 Å². The van der Waals surface area contributed by atoms with E-state index in [4.69, 9.17) is 0 Å². The van der Waals surface area contributed by atoms with Gasteiger partial charge in [0.15, 0.2) is 0 Å². The second-order valence-corrected chi connectivity index (χ2v) is 4.99. The van der Waals surface area contributed by atoms with Gasteiger partial charge in [-0.05, 0) is 45.1 Å². The summed E-state index contributed by atoms with van der Waals surface area (Å²) in [6.45, 7) is 5.70. The minimum atomic E-state index is 0.00662. The molecule has 88 valence electrons. The molecule has 1 unspecified atom stereocenters. The number of likely N-dealkylation sites (tertiary alicyclic amines) is 1. The monoisotopic (exact) mass is 220 g/mol. The average Bonchev–Trinajstić information content (AvgIpc) is 2.30. The third-order valence-electron chi connectivity index (χ3n) is 3.74. The van der Waals surface area contributed by atoms with Crippen LogP contribution in [0.5, 0.6) is 0 Å². The predicted molar refractivity (Wildman–Crippen MR) is 63.8 cm³/mol. The van der Waals surface area contributed by atoms with Crippen LogP contribution in [0.1, 0.15) is 32.6 Å². The first-order chi connectivity index (χ1) is 7.76. The quantitative estimate of drug-likeness (QED) is 0.618. The molecule has 2 heterocycles. The van der Waals surface area contributed by atoms with Gasteiger partial charge in [0.25, 0.3) is 5.91 Å². The number of hydrogen-bond acceptors (Lipinski definition) is 2. The maximum Gasteiger partial charge on any atom is 0.298 e. The van der Waals surface area contributed by atoms with Gasteiger partial charge in [0.2, 0.25) is 0 Å². The number of carbonyl (C=O) groups is 1. The highest BCUT2D eigenvalue weighted by Gasteiger charge is 2.37. The van der Waals surface area contributed by atoms with Gasteiger partial charge >= 0.3 is 0 Å². The molecule has 0 aromatic rings. The molecule has 0 radical (unpaired) electrons. The Bertz CT molecular complexity index is 315. The molecule has 2 aliphatic heterocycles. The first kappa shape index (κ1) is 11.5. The Balaban J connectivity index is 2.02. The van der Waals surface area contributed by atoms with Crippen molar-refractivity contribution in [2.75, 3.05) is 26.2 Å². The minimum Gasteiger partial charge on any atom is -0.331 e. The Morgan fingerprint density at radius 3 is 2.88 bits per heavy atom. The van der Waals surface area contributed by atoms with Crippen LogP contribution in [0.3, 0.4) is 0 Å². The number of hydrogen-bond donors (Lipinski definition) is 1. The number of piperidine rings is 2. The van der Waals surface area contributed by atoms with Crippen LogP contribution in [0.15, 0.2) is 0 Å². The van der Waals surface area contributed by atoms with E-state index < -0.39 is 0 Å². The van der Waals surface area contributed by atoms with Gasteiger partial charge in [-0.25, -0.2) is 0 Å². The average molecular weight is 220 g/mol. The van der Waals surface area contributed by atoms with Gasteiger partial charge in [-0.3, -0.25) is 4.79 Å². The van der Waals surface area contributed by atoms with E-state index in [2.05, 4.69) is 17.2 Å². The number of carbonyl (C=O) groups excluding carboxylic acids is 1. The zero-order valence-corrected chi connectivity index (χ0v) is 10.0. The molecule has 2 saturated heterocycles. The molecule has 16 heavy (non-hydrogen) atoms. The molecule has 0 bridgehead atoms. The molecule has 1 atom stereocenters. The molecule has 0 aromatic heterocycles. The van der Waals surface area contributed by atoms with Crippen molar-refractivity contribution in [3.63, 3.8) is 0 Å². The summed E-state index contributed by atoms with van der Waals surface area (Å²) >= 11 is 0. The van der Waals surface area contributed by atoms with Gasteiger partial charge in [0.1, 0.15) is 0 Å². The van der Waals surface area contributed by atoms with Crippen molar-refractivity contribution in [2.45, 2.75) is 32.6 Å². The highest BCUT2D eigenvalue weighted by molar-refractivity contribution is 5.93. The Morgan fingerprint density at radius 2 is 2.19 bits per heavy atom. The van der Waals surface area contributed by atoms with Crippen LogP contribution in [-0.4, -0.2) is 37.0 Å². The summed E-state index contributed by atoms with van der Waals surface area (Å²) < 4.78 is 0. The van der Waals surface area contributed by atoms with Crippen molar-refractivity contribution in [1.82, 2.24) is 10.2 Å². The van der Waals surface area contributed by atoms with Crippen molar-refractivity contribution < 1.29 is 4.79 Å². The molecule has 0 aliphatic carbocycles. The molecular weight excluding hydrogens is 200 g/mol. The van der Waals surface area contributed by atoms with Crippen LogP contribution in [0.25, 0.3) is 0 Å². The van der Waals surface area contributed by atoms with Gasteiger partial charge in [-0.1, -0.05) is 5.92 Å². The lowest BCUT2D eigenvalue weighted by Crippen LogP contribution is -2.52. The Hall–Kier alpha value is -1.01. The molecule has 2 rings (SSSR count). The number of nitrogens with zero attached hydrogens (tertiary/aromatic N) is 1. The molecule has 3 nitrogen and oxygen atoms in total. The highest BCUT2D eigenvalue weighted by Crippen LogP contribution is 2.35. The van der Waals surface area contributed by atoms with E-state index in [1.54, 1.807) is 6.92 Å². The summed E-state index contributed by atoms with van der Waals surface area (Å²) in [5.74, 6) is 5.36. The van der Waals surface area contributed by atoms with E-state index in [0.29, 0.717) is 5.41 Å². The minimum absolute atomic E-state index is 0.00662. The van der Waals surface area contributed by atoms with Gasteiger partial charge in [0, 0.05) is 25.0 Å². The number of rotatable bonds is 0. The van der Waals surface area contributed by atoms with Crippen molar-refractivity contribution in [2.24, 2.45) is 5.41 Å². The second-order valence-electron chi connectivity index (χ2n) is 4.99. The molecular formula is C13H20N2O. The molecule has 0 aromatic carbocycles. The van der Waals surface area contributed by atoms with Crippen LogP contribution >= 0.6 is 0 Å². The van der Waals surface area contributed by atoms with E-state index in [1.807, 2.05) is 4.90 Å². The van der Waals surface area contributed by atoms with Crippen molar-refractivity contribution >= 4 is 5.91 Å². The van der Waals surface area contributed by atoms with Gasteiger partial charge in [-0.2, -0.15) is 0 Å². The Morgan fingerprint density at radius 1 is 1.38 bits per heavy atom. The SMILES string of the molecule is CC#CC(=O)N1CCCC2(CCCNC2)C1. The highest BCUT2D eigenvalue weighted by atomic mass is 16.2. The molecule has 3 heteroatoms. The first-order valence-electron chi connectivity index (χ1n) is 6.18. The van der Waals surface area contributed by atoms with Crippen LogP contribution in [0.2, 0.25) is 0 Å². The fraction of sp³-hybridized carbons (Fsp3) is 0.769. The zero-order chi connectivity index (χ0) is 11.4. The molecule has 2 aliphatic rings. The van der Waals surface area contributed by atoms with Gasteiger partial charge < -0.3 is 10.2 Å². The van der Waals surface area contributed by atoms with E-state index in [9.17, 15) is 4.79 Å². The topological polar surface area (TPSA) is 32.3 Å². The van der Waals surface area contributed by atoms with Gasteiger partial charge in [0.05, 0.1) is 0 Å². The predicted octanol–water partition coefficient (Wildman–Crippen LogP) is 1.00. The van der Waals surface area contributed by atoms with Crippen LogP contribution in [-0.2, 0) is 4.79 Å². The molecule has 1 spiro atoms. The lowest BCUT2D eigenvalue weighted by Gasteiger charge is -2.44. The Kier molecular flexibility index (Phi) is 3.50. The van der Waals surface area contributed by atoms with Crippen LogP contribution in [0, 0.1) is 17.3 Å². The second kappa shape index (κ2) is 4.88. The maximum atomic E-state index is 11.8. The fourth-order valence-corrected chi connectivity index (χ4v) is 2.95. The standard InChI is InChI=1S/C13H20N2O/c1-2-5-12(16)15-9-4-7-13(11-15)6-3-8-14-10-13/h14H,3-4,6-11H2,1H3. The number of nitrogens with one attached hydrogen (secondary N) is 1. The summed E-state index contributed by atoms with van der Waals surface area (Å²) in [6, 6.07) is 0. The van der Waals surface area contributed by atoms with Gasteiger partial charge in [-0.15, -0.1) is 0 Å². The van der Waals surface area contributed by atoms with Crippen molar-refractivity contribution in [3.05, 3.63) is 0 Å². The lowest BCUT2D eigenvalue weighted by atomic mass is 9.74. The van der Waals surface area contributed by atoms with Crippen molar-refractivity contribution in [3.8, 4) is 11.8 Å². The largest absolute Gasteiger partial charge is 0.331 e. The summed E-state index contributed by atoms with van der Waals surface area (Å²) in [5.41, 5.74) is 0.335. The lowest BCUT2D eigenvalue weighted by molar-refractivity contribution is -0.128. The maximum absolute atomic E-state index is 11.8. The molecule has 1 N–H and O–H groups in total. The molecule has 0 saturated carbocycles.